The number of sulfonamides is 1. The molecule has 0 aliphatic carbocycles. The van der Waals surface area contributed by atoms with Gasteiger partial charge in [-0.05, 0) is 67.6 Å². The van der Waals surface area contributed by atoms with Crippen molar-refractivity contribution in [3.05, 3.63) is 72.8 Å². The first-order valence-electron chi connectivity index (χ1n) is 11.4. The number of hydrogen-bond donors (Lipinski definition) is 2. The van der Waals surface area contributed by atoms with E-state index in [1.54, 1.807) is 23.9 Å². The van der Waals surface area contributed by atoms with E-state index in [1.165, 1.54) is 4.31 Å². The van der Waals surface area contributed by atoms with Gasteiger partial charge in [-0.2, -0.15) is 4.31 Å². The number of fused-ring (bicyclic) bond motifs is 1. The van der Waals surface area contributed by atoms with Gasteiger partial charge in [0.15, 0.2) is 0 Å². The Balaban J connectivity index is 1.27. The second kappa shape index (κ2) is 9.85. The monoisotopic (exact) mass is 506 g/mol. The molecule has 4 aromatic rings. The number of imidazole rings is 1. The summed E-state index contributed by atoms with van der Waals surface area (Å²) >= 11 is 1.57. The first kappa shape index (κ1) is 23.6. The molecule has 1 aliphatic heterocycles. The Kier molecular flexibility index (Phi) is 6.64. The van der Waals surface area contributed by atoms with E-state index in [0.29, 0.717) is 37.4 Å². The molecule has 1 fully saturated rings. The van der Waals surface area contributed by atoms with Gasteiger partial charge in [-0.3, -0.25) is 4.79 Å². The van der Waals surface area contributed by atoms with Crippen molar-refractivity contribution in [2.45, 2.75) is 22.6 Å². The zero-order valence-corrected chi connectivity index (χ0v) is 20.9. The van der Waals surface area contributed by atoms with Crippen molar-refractivity contribution in [1.29, 1.82) is 0 Å². The fourth-order valence-corrected chi connectivity index (χ4v) is 6.25. The molecule has 1 saturated heterocycles. The van der Waals surface area contributed by atoms with E-state index in [4.69, 9.17) is 0 Å². The standard InChI is InChI=1S/C26H26N4O3S2/c1-34-19-10-12-20(13-11-19)35(32,33)30-16-14-18(15-17-30)26(31)29-22-7-3-2-6-21(22)25-27-23-8-4-5-9-24(23)28-25/h2-13,18H,14-17H2,1H3,(H,27,28)(H,29,31). The van der Waals surface area contributed by atoms with E-state index >= 15 is 0 Å². The second-order valence-corrected chi connectivity index (χ2v) is 11.3. The Labute approximate surface area is 209 Å². The minimum atomic E-state index is -3.57. The normalized spacial score (nSPS) is 15.3. The van der Waals surface area contributed by atoms with Crippen molar-refractivity contribution in [2.24, 2.45) is 5.92 Å². The third-order valence-corrected chi connectivity index (χ3v) is 9.01. The smallest absolute Gasteiger partial charge is 0.243 e. The number of aromatic amines is 1. The van der Waals surface area contributed by atoms with Gasteiger partial charge in [-0.1, -0.05) is 24.3 Å². The Morgan fingerprint density at radius 1 is 1.00 bits per heavy atom. The predicted molar refractivity (Wildman–Crippen MR) is 140 cm³/mol. The van der Waals surface area contributed by atoms with Gasteiger partial charge in [0, 0.05) is 29.5 Å². The molecule has 1 amide bonds. The Hall–Kier alpha value is -3.14. The molecule has 0 radical (unpaired) electrons. The largest absolute Gasteiger partial charge is 0.338 e. The van der Waals surface area contributed by atoms with E-state index in [1.807, 2.05) is 66.9 Å². The summed E-state index contributed by atoms with van der Waals surface area (Å²) < 4.78 is 27.6. The van der Waals surface area contributed by atoms with Crippen LogP contribution < -0.4 is 5.32 Å². The molecule has 2 heterocycles. The van der Waals surface area contributed by atoms with E-state index < -0.39 is 10.0 Å². The summed E-state index contributed by atoms with van der Waals surface area (Å²) in [6.07, 6.45) is 2.90. The first-order chi connectivity index (χ1) is 17.0. The van der Waals surface area contributed by atoms with Gasteiger partial charge in [0.05, 0.1) is 21.6 Å². The number of H-pyrrole nitrogens is 1. The first-order valence-corrected chi connectivity index (χ1v) is 14.1. The Morgan fingerprint density at radius 3 is 2.40 bits per heavy atom. The van der Waals surface area contributed by atoms with Crippen LogP contribution in [0.15, 0.2) is 82.6 Å². The summed E-state index contributed by atoms with van der Waals surface area (Å²) in [6.45, 7) is 0.631. The number of thioether (sulfide) groups is 1. The highest BCUT2D eigenvalue weighted by atomic mass is 32.2. The van der Waals surface area contributed by atoms with Gasteiger partial charge in [-0.15, -0.1) is 11.8 Å². The van der Waals surface area contributed by atoms with Crippen LogP contribution in [0.4, 0.5) is 5.69 Å². The fraction of sp³-hybridized carbons (Fsp3) is 0.231. The summed E-state index contributed by atoms with van der Waals surface area (Å²) in [6, 6.07) is 22.3. The molecule has 0 saturated carbocycles. The molecule has 0 bridgehead atoms. The van der Waals surface area contributed by atoms with Crippen molar-refractivity contribution in [2.75, 3.05) is 24.7 Å². The van der Waals surface area contributed by atoms with Crippen LogP contribution in [0.1, 0.15) is 12.8 Å². The minimum absolute atomic E-state index is 0.102. The SMILES string of the molecule is CSc1ccc(S(=O)(=O)N2CCC(C(=O)Nc3ccccc3-c3nc4ccccc4[nH]3)CC2)cc1. The highest BCUT2D eigenvalue weighted by Crippen LogP contribution is 2.30. The maximum Gasteiger partial charge on any atom is 0.243 e. The fourth-order valence-electron chi connectivity index (χ4n) is 4.37. The van der Waals surface area contributed by atoms with Gasteiger partial charge in [-0.25, -0.2) is 13.4 Å². The number of piperidine rings is 1. The average Bonchev–Trinajstić information content (AvgIpc) is 3.33. The molecule has 180 valence electrons. The summed E-state index contributed by atoms with van der Waals surface area (Å²) in [5.74, 6) is 0.328. The molecule has 0 spiro atoms. The molecule has 2 N–H and O–H groups in total. The van der Waals surface area contributed by atoms with Crippen LogP contribution in [0.2, 0.25) is 0 Å². The zero-order valence-electron chi connectivity index (χ0n) is 19.3. The van der Waals surface area contributed by atoms with Crippen LogP contribution >= 0.6 is 11.8 Å². The van der Waals surface area contributed by atoms with Crippen LogP contribution in [0.3, 0.4) is 0 Å². The van der Waals surface area contributed by atoms with E-state index in [2.05, 4.69) is 15.3 Å². The number of aromatic nitrogens is 2. The number of benzene rings is 3. The van der Waals surface area contributed by atoms with Crippen molar-refractivity contribution < 1.29 is 13.2 Å². The number of nitrogens with zero attached hydrogens (tertiary/aromatic N) is 2. The van der Waals surface area contributed by atoms with Crippen LogP contribution in [0.5, 0.6) is 0 Å². The molecule has 0 unspecified atom stereocenters. The Bertz CT molecular complexity index is 1420. The van der Waals surface area contributed by atoms with E-state index in [9.17, 15) is 13.2 Å². The lowest BCUT2D eigenvalue weighted by atomic mass is 9.97. The van der Waals surface area contributed by atoms with Crippen LogP contribution in [0, 0.1) is 5.92 Å². The average molecular weight is 507 g/mol. The number of hydrogen-bond acceptors (Lipinski definition) is 5. The predicted octanol–water partition coefficient (Wildman–Crippen LogP) is 4.99. The molecule has 0 atom stereocenters. The highest BCUT2D eigenvalue weighted by molar-refractivity contribution is 7.98. The minimum Gasteiger partial charge on any atom is -0.338 e. The third-order valence-electron chi connectivity index (χ3n) is 6.35. The molecule has 5 rings (SSSR count). The van der Waals surface area contributed by atoms with Crippen molar-refractivity contribution in [1.82, 2.24) is 14.3 Å². The number of nitrogens with one attached hydrogen (secondary N) is 2. The molecule has 1 aromatic heterocycles. The number of amides is 1. The second-order valence-electron chi connectivity index (χ2n) is 8.49. The zero-order chi connectivity index (χ0) is 24.4. The van der Waals surface area contributed by atoms with Crippen molar-refractivity contribution >= 4 is 44.4 Å². The quantitative estimate of drug-likeness (QED) is 0.359. The highest BCUT2D eigenvalue weighted by Gasteiger charge is 2.32. The number of para-hydroxylation sites is 3. The molecule has 7 nitrogen and oxygen atoms in total. The number of rotatable bonds is 6. The lowest BCUT2D eigenvalue weighted by Gasteiger charge is -2.30. The lowest BCUT2D eigenvalue weighted by Crippen LogP contribution is -2.41. The van der Waals surface area contributed by atoms with Gasteiger partial charge in [0.1, 0.15) is 5.82 Å². The van der Waals surface area contributed by atoms with Gasteiger partial charge in [0.25, 0.3) is 0 Å². The Morgan fingerprint density at radius 2 is 1.69 bits per heavy atom. The summed E-state index contributed by atoms with van der Waals surface area (Å²) in [5.41, 5.74) is 3.28. The molecule has 9 heteroatoms. The van der Waals surface area contributed by atoms with Crippen LogP contribution in [-0.4, -0.2) is 47.9 Å². The van der Waals surface area contributed by atoms with E-state index in [-0.39, 0.29) is 16.7 Å². The molecular weight excluding hydrogens is 480 g/mol. The van der Waals surface area contributed by atoms with Gasteiger partial charge >= 0.3 is 0 Å². The van der Waals surface area contributed by atoms with Gasteiger partial charge < -0.3 is 10.3 Å². The molecule has 35 heavy (non-hydrogen) atoms. The number of carbonyl (C=O) groups excluding carboxylic acids is 1. The van der Waals surface area contributed by atoms with Gasteiger partial charge in [0.2, 0.25) is 15.9 Å². The molecular formula is C26H26N4O3S2. The van der Waals surface area contributed by atoms with Crippen LogP contribution in [-0.2, 0) is 14.8 Å². The molecule has 1 aliphatic rings. The van der Waals surface area contributed by atoms with Crippen molar-refractivity contribution in [3.8, 4) is 11.4 Å². The lowest BCUT2D eigenvalue weighted by molar-refractivity contribution is -0.120. The number of carbonyl (C=O) groups is 1. The summed E-state index contributed by atoms with van der Waals surface area (Å²) in [4.78, 5) is 22.4. The van der Waals surface area contributed by atoms with Crippen LogP contribution in [0.25, 0.3) is 22.4 Å². The number of anilines is 1. The third kappa shape index (κ3) is 4.84. The maximum atomic E-state index is 13.1. The maximum absolute atomic E-state index is 13.1. The topological polar surface area (TPSA) is 95.2 Å². The van der Waals surface area contributed by atoms with E-state index in [0.717, 1.165) is 21.5 Å². The van der Waals surface area contributed by atoms with Crippen molar-refractivity contribution in [3.63, 3.8) is 0 Å². The molecule has 3 aromatic carbocycles. The summed E-state index contributed by atoms with van der Waals surface area (Å²) in [7, 11) is -3.57. The summed E-state index contributed by atoms with van der Waals surface area (Å²) in [5, 5.41) is 3.05.